The molecule has 0 fully saturated rings. The molecular formula is C34H39F4N3O2. The van der Waals surface area contributed by atoms with Crippen LogP contribution in [0.15, 0.2) is 77.5 Å². The Bertz CT molecular complexity index is 1420. The van der Waals surface area contributed by atoms with Gasteiger partial charge in [0.05, 0.1) is 12.0 Å². The third-order valence-electron chi connectivity index (χ3n) is 7.35. The second kappa shape index (κ2) is 15.5. The highest BCUT2D eigenvalue weighted by Crippen LogP contribution is 2.31. The summed E-state index contributed by atoms with van der Waals surface area (Å²) in [5.41, 5.74) is 4.40. The first-order valence-electron chi connectivity index (χ1n) is 14.5. The number of rotatable bonds is 12. The van der Waals surface area contributed by atoms with Crippen molar-refractivity contribution in [2.24, 2.45) is 10.9 Å². The van der Waals surface area contributed by atoms with Crippen molar-refractivity contribution in [3.05, 3.63) is 101 Å². The van der Waals surface area contributed by atoms with Crippen LogP contribution in [0.2, 0.25) is 0 Å². The zero-order chi connectivity index (χ0) is 31.6. The number of halogens is 4. The minimum Gasteiger partial charge on any atom is -0.355 e. The maximum atomic E-state index is 14.3. The number of nitrogens with zero attached hydrogens (tertiary/aromatic N) is 1. The fourth-order valence-corrected chi connectivity index (χ4v) is 5.12. The zero-order valence-electron chi connectivity index (χ0n) is 24.9. The van der Waals surface area contributed by atoms with E-state index in [9.17, 15) is 27.2 Å². The number of hydrogen-bond donors (Lipinski definition) is 2. The van der Waals surface area contributed by atoms with Gasteiger partial charge in [0.2, 0.25) is 5.91 Å². The van der Waals surface area contributed by atoms with E-state index in [1.54, 1.807) is 31.2 Å². The molecule has 2 aromatic carbocycles. The summed E-state index contributed by atoms with van der Waals surface area (Å²) < 4.78 is 55.2. The number of hydrogen-bond acceptors (Lipinski definition) is 3. The van der Waals surface area contributed by atoms with Crippen molar-refractivity contribution in [2.45, 2.75) is 71.4 Å². The smallest absolute Gasteiger partial charge is 0.355 e. The van der Waals surface area contributed by atoms with E-state index in [2.05, 4.69) is 17.2 Å². The number of carbonyl (C=O) groups is 2. The summed E-state index contributed by atoms with van der Waals surface area (Å²) in [7, 11) is 1.44. The average Bonchev–Trinajstić information content (AvgIpc) is 2.94. The quantitative estimate of drug-likeness (QED) is 0.191. The Morgan fingerprint density at radius 1 is 1.07 bits per heavy atom. The summed E-state index contributed by atoms with van der Waals surface area (Å²) in [6, 6.07) is 10.2. The fraction of sp³-hybridized carbons (Fsp3) is 0.382. The summed E-state index contributed by atoms with van der Waals surface area (Å²) in [6.45, 7) is 7.16. The van der Waals surface area contributed by atoms with E-state index < -0.39 is 24.3 Å². The van der Waals surface area contributed by atoms with Crippen LogP contribution in [0.3, 0.4) is 0 Å². The predicted octanol–water partition coefficient (Wildman–Crippen LogP) is 8.21. The van der Waals surface area contributed by atoms with E-state index in [4.69, 9.17) is 4.99 Å². The molecule has 1 unspecified atom stereocenters. The second-order valence-corrected chi connectivity index (χ2v) is 10.8. The molecule has 0 bridgehead atoms. The van der Waals surface area contributed by atoms with Crippen LogP contribution in [0.4, 0.5) is 23.2 Å². The van der Waals surface area contributed by atoms with Gasteiger partial charge in [-0.3, -0.25) is 14.6 Å². The standard InChI is InChI=1S/C34H39F4N3O2/c1-5-32(42)41-30-14-7-6-10-24(30)11-9-15-31-26(21-34(36,37)38)18-22(2)16-17-27(40-31)13-8-12-25-20-28(33(43)39-4)29(35)19-23(25)3/h5-7,10,14,17-20,22H,1,8-9,11-13,15-16,21H2,2-4H3,(H,39,43)(H,41,42)/b26-18?,27-17+,40-31?. The van der Waals surface area contributed by atoms with E-state index in [-0.39, 0.29) is 23.0 Å². The molecule has 1 aliphatic rings. The van der Waals surface area contributed by atoms with Crippen molar-refractivity contribution in [2.75, 3.05) is 12.4 Å². The highest BCUT2D eigenvalue weighted by Gasteiger charge is 2.31. The molecule has 9 heteroatoms. The molecule has 43 heavy (non-hydrogen) atoms. The van der Waals surface area contributed by atoms with E-state index in [1.807, 2.05) is 25.1 Å². The number of amides is 2. The summed E-state index contributed by atoms with van der Waals surface area (Å²) >= 11 is 0. The summed E-state index contributed by atoms with van der Waals surface area (Å²) in [5, 5.41) is 5.22. The first-order valence-corrected chi connectivity index (χ1v) is 14.5. The molecule has 3 rings (SSSR count). The second-order valence-electron chi connectivity index (χ2n) is 10.8. The molecule has 1 heterocycles. The van der Waals surface area contributed by atoms with Gasteiger partial charge >= 0.3 is 6.18 Å². The van der Waals surface area contributed by atoms with Gasteiger partial charge in [-0.2, -0.15) is 13.2 Å². The van der Waals surface area contributed by atoms with Gasteiger partial charge in [0.15, 0.2) is 0 Å². The van der Waals surface area contributed by atoms with Gasteiger partial charge in [-0.05, 0) is 104 Å². The van der Waals surface area contributed by atoms with E-state index in [1.165, 1.54) is 19.2 Å². The van der Waals surface area contributed by atoms with Gasteiger partial charge in [0.1, 0.15) is 5.82 Å². The highest BCUT2D eigenvalue weighted by molar-refractivity contribution is 6.01. The maximum absolute atomic E-state index is 14.3. The third-order valence-corrected chi connectivity index (χ3v) is 7.35. The Balaban J connectivity index is 1.80. The third kappa shape index (κ3) is 10.3. The van der Waals surface area contributed by atoms with Crippen LogP contribution in [-0.4, -0.2) is 30.8 Å². The van der Waals surface area contributed by atoms with Crippen LogP contribution >= 0.6 is 0 Å². The number of nitrogens with one attached hydrogen (secondary N) is 2. The number of benzene rings is 2. The average molecular weight is 598 g/mol. The van der Waals surface area contributed by atoms with Gasteiger partial charge in [-0.15, -0.1) is 0 Å². The van der Waals surface area contributed by atoms with Crippen LogP contribution in [-0.2, 0) is 17.6 Å². The van der Waals surface area contributed by atoms with Gasteiger partial charge in [0.25, 0.3) is 5.91 Å². The van der Waals surface area contributed by atoms with Crippen LogP contribution in [0, 0.1) is 18.7 Å². The van der Waals surface area contributed by atoms with E-state index in [0.717, 1.165) is 22.4 Å². The van der Waals surface area contributed by atoms with E-state index in [0.29, 0.717) is 56.3 Å². The van der Waals surface area contributed by atoms with Gasteiger partial charge in [-0.1, -0.05) is 43.9 Å². The molecule has 1 atom stereocenters. The van der Waals surface area contributed by atoms with Crippen molar-refractivity contribution in [1.82, 2.24) is 5.32 Å². The van der Waals surface area contributed by atoms with Gasteiger partial charge in [0, 0.05) is 24.1 Å². The molecule has 0 aromatic heterocycles. The monoisotopic (exact) mass is 597 g/mol. The normalized spacial score (nSPS) is 16.6. The molecule has 0 saturated carbocycles. The molecule has 0 spiro atoms. The molecule has 0 saturated heterocycles. The largest absolute Gasteiger partial charge is 0.393 e. The summed E-state index contributed by atoms with van der Waals surface area (Å²) in [6.07, 6.45) is 3.12. The molecule has 0 radical (unpaired) electrons. The minimum atomic E-state index is -4.38. The molecule has 1 aliphatic heterocycles. The number of aliphatic imine (C=N–C) groups is 1. The van der Waals surface area contributed by atoms with Crippen LogP contribution in [0.25, 0.3) is 0 Å². The molecule has 230 valence electrons. The number of para-hydroxylation sites is 1. The number of aryl methyl sites for hydroxylation is 3. The molecular weight excluding hydrogens is 558 g/mol. The Hall–Kier alpha value is -4.01. The predicted molar refractivity (Wildman–Crippen MR) is 164 cm³/mol. The Morgan fingerprint density at radius 3 is 2.47 bits per heavy atom. The zero-order valence-corrected chi connectivity index (χ0v) is 24.9. The number of anilines is 1. The fourth-order valence-electron chi connectivity index (χ4n) is 5.12. The van der Waals surface area contributed by atoms with Crippen molar-refractivity contribution in [3.63, 3.8) is 0 Å². The van der Waals surface area contributed by atoms with Gasteiger partial charge in [-0.25, -0.2) is 4.39 Å². The molecule has 0 aliphatic carbocycles. The lowest BCUT2D eigenvalue weighted by molar-refractivity contribution is -0.126. The SMILES string of the molecule is C=CC(=O)Nc1ccccc1CCCC1=N/C(CCCc2cc(C(=O)NC)c(F)cc2C)=C/CC(C)C=C1CC(F)(F)F. The topological polar surface area (TPSA) is 70.6 Å². The highest BCUT2D eigenvalue weighted by atomic mass is 19.4. The molecule has 2 aromatic rings. The number of carbonyl (C=O) groups excluding carboxylic acids is 2. The summed E-state index contributed by atoms with van der Waals surface area (Å²) in [5.74, 6) is -1.51. The maximum Gasteiger partial charge on any atom is 0.393 e. The molecule has 5 nitrogen and oxygen atoms in total. The van der Waals surface area contributed by atoms with Crippen molar-refractivity contribution in [1.29, 1.82) is 0 Å². The lowest BCUT2D eigenvalue weighted by Gasteiger charge is -2.19. The Morgan fingerprint density at radius 2 is 1.77 bits per heavy atom. The van der Waals surface area contributed by atoms with Crippen LogP contribution < -0.4 is 10.6 Å². The lowest BCUT2D eigenvalue weighted by Crippen LogP contribution is -2.19. The molecule has 2 amide bonds. The number of allylic oxidation sites excluding steroid dienone is 4. The van der Waals surface area contributed by atoms with Crippen molar-refractivity contribution in [3.8, 4) is 0 Å². The minimum absolute atomic E-state index is 0.0186. The Kier molecular flexibility index (Phi) is 12.0. The lowest BCUT2D eigenvalue weighted by atomic mass is 9.92. The van der Waals surface area contributed by atoms with Crippen LogP contribution in [0.5, 0.6) is 0 Å². The Labute approximate surface area is 250 Å². The molecule has 2 N–H and O–H groups in total. The first-order chi connectivity index (χ1) is 20.4. The van der Waals surface area contributed by atoms with Crippen molar-refractivity contribution >= 4 is 23.2 Å². The van der Waals surface area contributed by atoms with Gasteiger partial charge < -0.3 is 10.6 Å². The first kappa shape index (κ1) is 33.5. The number of alkyl halides is 3. The van der Waals surface area contributed by atoms with Crippen molar-refractivity contribution < 1.29 is 27.2 Å². The van der Waals surface area contributed by atoms with Crippen LogP contribution in [0.1, 0.15) is 72.5 Å². The van der Waals surface area contributed by atoms with E-state index >= 15 is 0 Å². The summed E-state index contributed by atoms with van der Waals surface area (Å²) in [4.78, 5) is 28.7.